The number of hydrogen-bond acceptors (Lipinski definition) is 7. The van der Waals surface area contributed by atoms with Crippen molar-refractivity contribution in [1.29, 1.82) is 0 Å². The van der Waals surface area contributed by atoms with Crippen molar-refractivity contribution < 1.29 is 4.79 Å². The molecule has 1 saturated heterocycles. The van der Waals surface area contributed by atoms with Crippen molar-refractivity contribution in [2.45, 2.75) is 13.1 Å². The lowest BCUT2D eigenvalue weighted by molar-refractivity contribution is -0.119. The smallest absolute Gasteiger partial charge is 0.239 e. The second-order valence-corrected chi connectivity index (χ2v) is 8.62. The summed E-state index contributed by atoms with van der Waals surface area (Å²) < 4.78 is 0. The number of aromatic nitrogens is 2. The summed E-state index contributed by atoms with van der Waals surface area (Å²) in [5.41, 5.74) is 4.21. The molecule has 1 fully saturated rings. The predicted octanol–water partition coefficient (Wildman–Crippen LogP) is 2.61. The average molecular weight is 444 g/mol. The van der Waals surface area contributed by atoms with E-state index in [1.54, 1.807) is 6.20 Å². The van der Waals surface area contributed by atoms with E-state index in [2.05, 4.69) is 68.9 Å². The number of benzene rings is 2. The van der Waals surface area contributed by atoms with Gasteiger partial charge in [0.1, 0.15) is 5.82 Å². The molecule has 33 heavy (non-hydrogen) atoms. The quantitative estimate of drug-likeness (QED) is 0.628. The highest BCUT2D eigenvalue weighted by Gasteiger charge is 2.22. The topological polar surface area (TPSA) is 76.6 Å². The zero-order valence-corrected chi connectivity index (χ0v) is 18.9. The number of carbonyl (C=O) groups is 1. The Kier molecular flexibility index (Phi) is 6.08. The molecule has 0 atom stereocenters. The normalized spacial score (nSPS) is 16.7. The molecule has 3 aromatic rings. The number of nitrogens with one attached hydrogen (secondary N) is 2. The molecule has 0 aliphatic carbocycles. The highest BCUT2D eigenvalue weighted by Crippen LogP contribution is 2.25. The molecule has 0 spiro atoms. The molecule has 0 saturated carbocycles. The summed E-state index contributed by atoms with van der Waals surface area (Å²) in [7, 11) is 2.16. The molecular formula is C25H29N7O. The van der Waals surface area contributed by atoms with Gasteiger partial charge in [-0.05, 0) is 36.9 Å². The Balaban J connectivity index is 1.34. The lowest BCUT2D eigenvalue weighted by Gasteiger charge is -2.34. The number of piperazine rings is 1. The van der Waals surface area contributed by atoms with Gasteiger partial charge in [0.25, 0.3) is 0 Å². The third-order valence-electron chi connectivity index (χ3n) is 6.16. The fourth-order valence-electron chi connectivity index (χ4n) is 4.24. The molecule has 0 bridgehead atoms. The minimum Gasteiger partial charge on any atom is -0.369 e. The number of carbonyl (C=O) groups excluding carboxylic acids is 1. The van der Waals surface area contributed by atoms with E-state index in [0.717, 1.165) is 48.8 Å². The highest BCUT2D eigenvalue weighted by atomic mass is 16.2. The van der Waals surface area contributed by atoms with Gasteiger partial charge in [0.05, 0.1) is 6.54 Å². The van der Waals surface area contributed by atoms with Crippen LogP contribution in [0.2, 0.25) is 0 Å². The van der Waals surface area contributed by atoms with Gasteiger partial charge in [-0.2, -0.15) is 4.98 Å². The first kappa shape index (κ1) is 21.2. The third-order valence-corrected chi connectivity index (χ3v) is 6.16. The minimum absolute atomic E-state index is 0.0158. The van der Waals surface area contributed by atoms with Crippen LogP contribution in [0.15, 0.2) is 60.8 Å². The van der Waals surface area contributed by atoms with E-state index in [4.69, 9.17) is 4.98 Å². The van der Waals surface area contributed by atoms with Crippen molar-refractivity contribution in [3.05, 3.63) is 71.9 Å². The van der Waals surface area contributed by atoms with Gasteiger partial charge < -0.3 is 25.3 Å². The van der Waals surface area contributed by atoms with Crippen LogP contribution in [0.3, 0.4) is 0 Å². The number of amides is 1. The molecule has 0 unspecified atom stereocenters. The van der Waals surface area contributed by atoms with Crippen molar-refractivity contribution in [3.8, 4) is 0 Å². The van der Waals surface area contributed by atoms with Gasteiger partial charge in [-0.15, -0.1) is 0 Å². The molecule has 3 heterocycles. The number of rotatable bonds is 5. The maximum Gasteiger partial charge on any atom is 0.239 e. The van der Waals surface area contributed by atoms with Crippen molar-refractivity contribution in [2.24, 2.45) is 0 Å². The Bertz CT molecular complexity index is 1100. The van der Waals surface area contributed by atoms with Gasteiger partial charge >= 0.3 is 0 Å². The number of anilines is 4. The largest absolute Gasteiger partial charge is 0.369 e. The van der Waals surface area contributed by atoms with Gasteiger partial charge in [0.2, 0.25) is 11.9 Å². The summed E-state index contributed by atoms with van der Waals surface area (Å²) in [6, 6.07) is 18.5. The van der Waals surface area contributed by atoms with Crippen LogP contribution in [0.25, 0.3) is 0 Å². The predicted molar refractivity (Wildman–Crippen MR) is 131 cm³/mol. The van der Waals surface area contributed by atoms with Crippen LogP contribution in [0.4, 0.5) is 23.1 Å². The van der Waals surface area contributed by atoms with E-state index in [0.29, 0.717) is 19.0 Å². The summed E-state index contributed by atoms with van der Waals surface area (Å²) >= 11 is 0. The van der Waals surface area contributed by atoms with E-state index in [1.807, 2.05) is 23.1 Å². The fraction of sp³-hybridized carbons (Fsp3) is 0.320. The summed E-state index contributed by atoms with van der Waals surface area (Å²) in [5.74, 6) is 1.29. The Morgan fingerprint density at radius 3 is 2.52 bits per heavy atom. The molecule has 2 aliphatic rings. The number of nitrogens with zero attached hydrogens (tertiary/aromatic N) is 5. The van der Waals surface area contributed by atoms with E-state index in [-0.39, 0.29) is 12.5 Å². The summed E-state index contributed by atoms with van der Waals surface area (Å²) in [5, 5.41) is 6.26. The minimum atomic E-state index is -0.0158. The zero-order chi connectivity index (χ0) is 22.6. The lowest BCUT2D eigenvalue weighted by Crippen LogP contribution is -2.44. The van der Waals surface area contributed by atoms with E-state index < -0.39 is 0 Å². The second-order valence-electron chi connectivity index (χ2n) is 8.62. The maximum atomic E-state index is 12.3. The Hall–Kier alpha value is -3.65. The molecule has 8 heteroatoms. The van der Waals surface area contributed by atoms with Gasteiger partial charge in [-0.1, -0.05) is 30.3 Å². The zero-order valence-electron chi connectivity index (χ0n) is 18.9. The van der Waals surface area contributed by atoms with Crippen LogP contribution in [0.1, 0.15) is 11.1 Å². The monoisotopic (exact) mass is 443 g/mol. The molecule has 8 nitrogen and oxygen atoms in total. The molecule has 170 valence electrons. The van der Waals surface area contributed by atoms with Crippen LogP contribution in [0.5, 0.6) is 0 Å². The summed E-state index contributed by atoms with van der Waals surface area (Å²) in [6.07, 6.45) is 1.80. The van der Waals surface area contributed by atoms with Gasteiger partial charge in [-0.3, -0.25) is 4.79 Å². The summed E-state index contributed by atoms with van der Waals surface area (Å²) in [4.78, 5) is 28.4. The van der Waals surface area contributed by atoms with Crippen LogP contribution in [-0.4, -0.2) is 60.5 Å². The van der Waals surface area contributed by atoms with Crippen molar-refractivity contribution in [2.75, 3.05) is 54.9 Å². The van der Waals surface area contributed by atoms with E-state index in [9.17, 15) is 4.79 Å². The van der Waals surface area contributed by atoms with Crippen LogP contribution < -0.4 is 20.4 Å². The van der Waals surface area contributed by atoms with Crippen molar-refractivity contribution in [1.82, 2.24) is 20.2 Å². The third kappa shape index (κ3) is 5.06. The van der Waals surface area contributed by atoms with E-state index in [1.165, 1.54) is 5.69 Å². The van der Waals surface area contributed by atoms with Gasteiger partial charge in [-0.25, -0.2) is 4.98 Å². The average Bonchev–Trinajstić information content (AvgIpc) is 2.99. The first-order chi connectivity index (χ1) is 16.1. The van der Waals surface area contributed by atoms with Gasteiger partial charge in [0, 0.05) is 62.4 Å². The van der Waals surface area contributed by atoms with Crippen molar-refractivity contribution >= 4 is 29.0 Å². The fourth-order valence-corrected chi connectivity index (χ4v) is 4.24. The molecule has 1 aromatic heterocycles. The highest BCUT2D eigenvalue weighted by molar-refractivity contribution is 5.82. The Morgan fingerprint density at radius 2 is 1.76 bits per heavy atom. The Labute approximate surface area is 194 Å². The van der Waals surface area contributed by atoms with Crippen LogP contribution in [0, 0.1) is 0 Å². The maximum absolute atomic E-state index is 12.3. The SMILES string of the molecule is CN1CCN(c2ccc(Nc3ncc4c(n3)N(Cc3ccccc3)CC(=O)NC4)cc2)CC1. The number of fused-ring (bicyclic) bond motifs is 1. The summed E-state index contributed by atoms with van der Waals surface area (Å²) in [6.45, 7) is 5.55. The van der Waals surface area contributed by atoms with Gasteiger partial charge in [0.15, 0.2) is 0 Å². The van der Waals surface area contributed by atoms with Crippen molar-refractivity contribution in [3.63, 3.8) is 0 Å². The van der Waals surface area contributed by atoms with Crippen LogP contribution in [-0.2, 0) is 17.9 Å². The lowest BCUT2D eigenvalue weighted by atomic mass is 10.2. The first-order valence-electron chi connectivity index (χ1n) is 11.4. The Morgan fingerprint density at radius 1 is 1.00 bits per heavy atom. The number of likely N-dealkylation sites (N-methyl/N-ethyl adjacent to an activating group) is 1. The molecule has 1 amide bonds. The molecule has 0 radical (unpaired) electrons. The van der Waals surface area contributed by atoms with Crippen LogP contribution >= 0.6 is 0 Å². The first-order valence-corrected chi connectivity index (χ1v) is 11.4. The standard InChI is InChI=1S/C25H29N7O/c1-30-11-13-31(14-12-30)22-9-7-21(8-10-22)28-25-27-16-20-15-26-23(33)18-32(24(20)29-25)17-19-5-3-2-4-6-19/h2-10,16H,11-15,17-18H2,1H3,(H,26,33)(H,27,28,29). The molecular weight excluding hydrogens is 414 g/mol. The molecule has 2 aliphatic heterocycles. The number of hydrogen-bond donors (Lipinski definition) is 2. The molecule has 2 aromatic carbocycles. The molecule has 5 rings (SSSR count). The van der Waals surface area contributed by atoms with E-state index >= 15 is 0 Å². The second kappa shape index (κ2) is 9.46. The molecule has 2 N–H and O–H groups in total.